The van der Waals surface area contributed by atoms with Gasteiger partial charge in [0.1, 0.15) is 0 Å². The third-order valence-corrected chi connectivity index (χ3v) is 4.27. The Balaban J connectivity index is 2.22. The van der Waals surface area contributed by atoms with E-state index >= 15 is 0 Å². The van der Waals surface area contributed by atoms with Gasteiger partial charge in [0.2, 0.25) is 0 Å². The number of hydrogen-bond donors (Lipinski definition) is 1. The summed E-state index contributed by atoms with van der Waals surface area (Å²) in [6.45, 7) is 15.5. The second-order valence-electron chi connectivity index (χ2n) is 5.75. The minimum atomic E-state index is 0.285. The fourth-order valence-corrected chi connectivity index (χ4v) is 3.07. The molecule has 0 radical (unpaired) electrons. The van der Waals surface area contributed by atoms with Crippen LogP contribution < -0.4 is 5.32 Å². The summed E-state index contributed by atoms with van der Waals surface area (Å²) >= 11 is 0. The molecule has 2 rings (SSSR count). The molecule has 0 aromatic carbocycles. The second kappa shape index (κ2) is 6.17. The van der Waals surface area contributed by atoms with Crippen LogP contribution in [0.25, 0.3) is 0 Å². The molecule has 2 atom stereocenters. The Morgan fingerprint density at radius 3 is 3.00 bits per heavy atom. The van der Waals surface area contributed by atoms with Gasteiger partial charge in [-0.2, -0.15) is 0 Å². The Labute approximate surface area is 123 Å². The lowest BCUT2D eigenvalue weighted by Gasteiger charge is -2.31. The fraction of sp³-hybridized carbons (Fsp3) is 0.444. The fourth-order valence-electron chi connectivity index (χ4n) is 3.07. The molecular weight excluding hydrogens is 244 g/mol. The molecule has 108 valence electrons. The predicted octanol–water partition coefficient (Wildman–Crippen LogP) is 3.78. The second-order valence-corrected chi connectivity index (χ2v) is 5.75. The van der Waals surface area contributed by atoms with Crippen molar-refractivity contribution in [2.45, 2.75) is 32.2 Å². The van der Waals surface area contributed by atoms with E-state index in [4.69, 9.17) is 0 Å². The molecule has 0 spiro atoms. The standard InChI is InChI=1S/C18H26N2/c1-6-7-8-18(14(3)19-5)20-12-16-11-13(2)9-10-17(16)15(20)4/h6,10-11,13,18-19H,1,3-4,7-9,12H2,2,5H3. The summed E-state index contributed by atoms with van der Waals surface area (Å²) < 4.78 is 0. The number of rotatable bonds is 6. The summed E-state index contributed by atoms with van der Waals surface area (Å²) in [4.78, 5) is 2.39. The molecule has 1 saturated heterocycles. The van der Waals surface area contributed by atoms with E-state index in [-0.39, 0.29) is 6.04 Å². The summed E-state index contributed by atoms with van der Waals surface area (Å²) in [5.74, 6) is 0.639. The molecule has 1 N–H and O–H groups in total. The van der Waals surface area contributed by atoms with Gasteiger partial charge in [-0.1, -0.05) is 38.3 Å². The van der Waals surface area contributed by atoms with Gasteiger partial charge >= 0.3 is 0 Å². The molecule has 2 nitrogen and oxygen atoms in total. The third kappa shape index (κ3) is 2.74. The Kier molecular flexibility index (Phi) is 4.53. The third-order valence-electron chi connectivity index (χ3n) is 4.27. The lowest BCUT2D eigenvalue weighted by atomic mass is 9.93. The van der Waals surface area contributed by atoms with Crippen LogP contribution in [0, 0.1) is 5.92 Å². The van der Waals surface area contributed by atoms with Crippen molar-refractivity contribution < 1.29 is 0 Å². The number of likely N-dealkylation sites (N-methyl/N-ethyl adjacent to an activating group) is 1. The van der Waals surface area contributed by atoms with Crippen LogP contribution in [-0.4, -0.2) is 24.5 Å². The van der Waals surface area contributed by atoms with Crippen molar-refractivity contribution in [1.82, 2.24) is 10.2 Å². The van der Waals surface area contributed by atoms with Crippen LogP contribution >= 0.6 is 0 Å². The quantitative estimate of drug-likeness (QED) is 0.739. The maximum absolute atomic E-state index is 4.31. The Hall–Kier alpha value is -1.70. The first-order valence-electron chi connectivity index (χ1n) is 7.43. The van der Waals surface area contributed by atoms with Gasteiger partial charge < -0.3 is 10.2 Å². The summed E-state index contributed by atoms with van der Waals surface area (Å²) in [7, 11) is 1.94. The van der Waals surface area contributed by atoms with Crippen molar-refractivity contribution in [3.8, 4) is 0 Å². The van der Waals surface area contributed by atoms with Crippen LogP contribution in [0.5, 0.6) is 0 Å². The molecule has 2 unspecified atom stereocenters. The Morgan fingerprint density at radius 1 is 1.60 bits per heavy atom. The first kappa shape index (κ1) is 14.7. The van der Waals surface area contributed by atoms with Crippen LogP contribution in [0.3, 0.4) is 0 Å². The Bertz CT molecular complexity index is 482. The summed E-state index contributed by atoms with van der Waals surface area (Å²) in [6.07, 6.45) is 9.85. The number of hydrogen-bond acceptors (Lipinski definition) is 2. The van der Waals surface area contributed by atoms with Crippen molar-refractivity contribution in [3.05, 3.63) is 60.5 Å². The van der Waals surface area contributed by atoms with Gasteiger partial charge in [0.15, 0.2) is 0 Å². The van der Waals surface area contributed by atoms with E-state index in [9.17, 15) is 0 Å². The lowest BCUT2D eigenvalue weighted by Crippen LogP contribution is -2.36. The van der Waals surface area contributed by atoms with Gasteiger partial charge in [-0.05, 0) is 36.3 Å². The van der Waals surface area contributed by atoms with E-state index in [1.54, 1.807) is 0 Å². The molecule has 20 heavy (non-hydrogen) atoms. The van der Waals surface area contributed by atoms with Crippen LogP contribution in [0.4, 0.5) is 0 Å². The number of fused-ring (bicyclic) bond motifs is 1. The van der Waals surface area contributed by atoms with Crippen molar-refractivity contribution in [2.75, 3.05) is 13.6 Å². The SMILES string of the molecule is C=CCCC(C(=C)NC)N1CC2=CC(C)CC=C2C1=C. The predicted molar refractivity (Wildman–Crippen MR) is 87.2 cm³/mol. The molecule has 1 fully saturated rings. The van der Waals surface area contributed by atoms with Crippen molar-refractivity contribution in [1.29, 1.82) is 0 Å². The highest BCUT2D eigenvalue weighted by molar-refractivity contribution is 5.53. The minimum Gasteiger partial charge on any atom is -0.390 e. The van der Waals surface area contributed by atoms with E-state index < -0.39 is 0 Å². The van der Waals surface area contributed by atoms with E-state index in [0.717, 1.165) is 37.2 Å². The number of nitrogens with zero attached hydrogens (tertiary/aromatic N) is 1. The zero-order valence-electron chi connectivity index (χ0n) is 12.8. The summed E-state index contributed by atoms with van der Waals surface area (Å²) in [5.41, 5.74) is 4.98. The average molecular weight is 270 g/mol. The molecular formula is C18H26N2. The molecule has 0 bridgehead atoms. The average Bonchev–Trinajstić information content (AvgIpc) is 2.75. The molecule has 0 aromatic heterocycles. The zero-order valence-corrected chi connectivity index (χ0v) is 12.8. The van der Waals surface area contributed by atoms with Crippen LogP contribution in [0.1, 0.15) is 26.2 Å². The molecule has 0 aromatic rings. The number of allylic oxidation sites excluding steroid dienone is 4. The van der Waals surface area contributed by atoms with E-state index in [1.807, 2.05) is 13.1 Å². The van der Waals surface area contributed by atoms with Crippen molar-refractivity contribution >= 4 is 0 Å². The van der Waals surface area contributed by atoms with Gasteiger partial charge in [0, 0.05) is 25.0 Å². The van der Waals surface area contributed by atoms with Gasteiger partial charge in [0.05, 0.1) is 6.04 Å². The first-order valence-corrected chi connectivity index (χ1v) is 7.43. The first-order chi connectivity index (χ1) is 9.58. The largest absolute Gasteiger partial charge is 0.390 e. The van der Waals surface area contributed by atoms with Gasteiger partial charge in [-0.3, -0.25) is 0 Å². The lowest BCUT2D eigenvalue weighted by molar-refractivity contribution is 0.310. The molecule has 2 heteroatoms. The Morgan fingerprint density at radius 2 is 2.35 bits per heavy atom. The highest BCUT2D eigenvalue weighted by atomic mass is 15.2. The summed E-state index contributed by atoms with van der Waals surface area (Å²) in [6, 6.07) is 0.285. The van der Waals surface area contributed by atoms with E-state index in [1.165, 1.54) is 11.1 Å². The maximum atomic E-state index is 4.31. The molecule has 2 aliphatic rings. The monoisotopic (exact) mass is 270 g/mol. The van der Waals surface area contributed by atoms with Crippen LogP contribution in [-0.2, 0) is 0 Å². The molecule has 0 saturated carbocycles. The van der Waals surface area contributed by atoms with Gasteiger partial charge in [-0.25, -0.2) is 0 Å². The van der Waals surface area contributed by atoms with Crippen molar-refractivity contribution in [2.24, 2.45) is 5.92 Å². The number of nitrogens with one attached hydrogen (secondary N) is 1. The molecule has 1 aliphatic heterocycles. The van der Waals surface area contributed by atoms with E-state index in [0.29, 0.717) is 5.92 Å². The van der Waals surface area contributed by atoms with Crippen LogP contribution in [0.2, 0.25) is 0 Å². The minimum absolute atomic E-state index is 0.285. The smallest absolute Gasteiger partial charge is 0.0688 e. The highest BCUT2D eigenvalue weighted by Gasteiger charge is 2.32. The van der Waals surface area contributed by atoms with Crippen molar-refractivity contribution in [3.63, 3.8) is 0 Å². The van der Waals surface area contributed by atoms with Gasteiger partial charge in [0.25, 0.3) is 0 Å². The molecule has 1 aliphatic carbocycles. The number of likely N-dealkylation sites (tertiary alicyclic amines) is 1. The highest BCUT2D eigenvalue weighted by Crippen LogP contribution is 2.38. The summed E-state index contributed by atoms with van der Waals surface area (Å²) in [5, 5.41) is 3.21. The molecule has 0 amide bonds. The van der Waals surface area contributed by atoms with Crippen LogP contribution in [0.15, 0.2) is 60.5 Å². The normalized spacial score (nSPS) is 22.8. The van der Waals surface area contributed by atoms with Gasteiger partial charge in [-0.15, -0.1) is 6.58 Å². The topological polar surface area (TPSA) is 15.3 Å². The zero-order chi connectivity index (χ0) is 14.7. The maximum Gasteiger partial charge on any atom is 0.0688 e. The molecule has 1 heterocycles. The van der Waals surface area contributed by atoms with E-state index in [2.05, 4.69) is 49.0 Å².